The van der Waals surface area contributed by atoms with Gasteiger partial charge in [-0.05, 0) is 39.1 Å². The molecular formula is C15H22ClNO2. The summed E-state index contributed by atoms with van der Waals surface area (Å²) in [6.45, 7) is 4.17. The molecule has 1 aromatic rings. The van der Waals surface area contributed by atoms with Crippen molar-refractivity contribution in [3.8, 4) is 5.75 Å². The molecule has 3 nitrogen and oxygen atoms in total. The molecule has 1 aliphatic heterocycles. The molecule has 0 aliphatic carbocycles. The summed E-state index contributed by atoms with van der Waals surface area (Å²) in [5.74, 6) is 0.923. The summed E-state index contributed by atoms with van der Waals surface area (Å²) in [5, 5.41) is 4.09. The van der Waals surface area contributed by atoms with Crippen molar-refractivity contribution >= 4 is 11.6 Å². The van der Waals surface area contributed by atoms with Gasteiger partial charge in [-0.25, -0.2) is 0 Å². The highest BCUT2D eigenvalue weighted by Gasteiger charge is 2.32. The van der Waals surface area contributed by atoms with Gasteiger partial charge >= 0.3 is 0 Å². The predicted octanol–water partition coefficient (Wildman–Crippen LogP) is 3.57. The minimum atomic E-state index is -0.174. The van der Waals surface area contributed by atoms with E-state index in [1.165, 1.54) is 0 Å². The quantitative estimate of drug-likeness (QED) is 0.916. The van der Waals surface area contributed by atoms with Crippen molar-refractivity contribution in [1.29, 1.82) is 0 Å². The minimum absolute atomic E-state index is 0.154. The lowest BCUT2D eigenvalue weighted by molar-refractivity contribution is -0.0203. The standard InChI is InChI=1S/C15H22ClNO2/c1-15(2,18-4)9-11-8-13(17-3)12-7-10(16)5-6-14(12)19-11/h5-7,11,13,17H,8-9H2,1-4H3. The third-order valence-electron chi connectivity index (χ3n) is 3.76. The first-order chi connectivity index (χ1) is 8.95. The van der Waals surface area contributed by atoms with Gasteiger partial charge in [0.2, 0.25) is 0 Å². The molecule has 4 heteroatoms. The Morgan fingerprint density at radius 1 is 1.47 bits per heavy atom. The molecule has 1 N–H and O–H groups in total. The van der Waals surface area contributed by atoms with Crippen molar-refractivity contribution < 1.29 is 9.47 Å². The van der Waals surface area contributed by atoms with Crippen molar-refractivity contribution in [1.82, 2.24) is 5.32 Å². The van der Waals surface area contributed by atoms with E-state index in [1.807, 2.05) is 25.2 Å². The third kappa shape index (κ3) is 3.41. The minimum Gasteiger partial charge on any atom is -0.490 e. The van der Waals surface area contributed by atoms with Crippen molar-refractivity contribution in [2.24, 2.45) is 0 Å². The first-order valence-electron chi connectivity index (χ1n) is 6.63. The van der Waals surface area contributed by atoms with E-state index in [0.717, 1.165) is 29.2 Å². The molecule has 1 heterocycles. The largest absolute Gasteiger partial charge is 0.490 e. The second kappa shape index (κ2) is 5.70. The molecule has 0 amide bonds. The summed E-state index contributed by atoms with van der Waals surface area (Å²) >= 11 is 6.06. The Morgan fingerprint density at radius 3 is 2.84 bits per heavy atom. The third-order valence-corrected chi connectivity index (χ3v) is 3.99. The van der Waals surface area contributed by atoms with Crippen LogP contribution >= 0.6 is 11.6 Å². The summed E-state index contributed by atoms with van der Waals surface area (Å²) in [6, 6.07) is 6.08. The maximum atomic E-state index is 6.08. The molecule has 2 rings (SSSR count). The maximum absolute atomic E-state index is 6.08. The van der Waals surface area contributed by atoms with Gasteiger partial charge in [0.25, 0.3) is 0 Å². The Bertz CT molecular complexity index is 448. The molecule has 0 bridgehead atoms. The fourth-order valence-electron chi connectivity index (χ4n) is 2.55. The molecule has 0 spiro atoms. The van der Waals surface area contributed by atoms with E-state index in [1.54, 1.807) is 7.11 Å². The van der Waals surface area contributed by atoms with Crippen LogP contribution in [0.3, 0.4) is 0 Å². The Hall–Kier alpha value is -0.770. The average Bonchev–Trinajstić information content (AvgIpc) is 2.38. The van der Waals surface area contributed by atoms with Gasteiger partial charge in [0.15, 0.2) is 0 Å². The number of fused-ring (bicyclic) bond motifs is 1. The van der Waals surface area contributed by atoms with Gasteiger partial charge in [0.1, 0.15) is 11.9 Å². The number of halogens is 1. The van der Waals surface area contributed by atoms with E-state index >= 15 is 0 Å². The molecule has 0 saturated heterocycles. The lowest BCUT2D eigenvalue weighted by atomic mass is 9.90. The van der Waals surface area contributed by atoms with Crippen LogP contribution in [0.4, 0.5) is 0 Å². The lowest BCUT2D eigenvalue weighted by Gasteiger charge is -2.36. The molecule has 19 heavy (non-hydrogen) atoms. The number of hydrogen-bond acceptors (Lipinski definition) is 3. The summed E-state index contributed by atoms with van der Waals surface area (Å²) < 4.78 is 11.6. The highest BCUT2D eigenvalue weighted by Crippen LogP contribution is 2.38. The van der Waals surface area contributed by atoms with Gasteiger partial charge in [0, 0.05) is 36.6 Å². The molecular weight excluding hydrogens is 262 g/mol. The number of methoxy groups -OCH3 is 1. The monoisotopic (exact) mass is 283 g/mol. The van der Waals surface area contributed by atoms with Gasteiger partial charge in [-0.15, -0.1) is 0 Å². The van der Waals surface area contributed by atoms with Gasteiger partial charge in [-0.3, -0.25) is 0 Å². The fraction of sp³-hybridized carbons (Fsp3) is 0.600. The predicted molar refractivity (Wildman–Crippen MR) is 78.0 cm³/mol. The summed E-state index contributed by atoms with van der Waals surface area (Å²) in [5.41, 5.74) is 0.967. The second-order valence-electron chi connectivity index (χ2n) is 5.67. The van der Waals surface area contributed by atoms with Crippen LogP contribution < -0.4 is 10.1 Å². The molecule has 2 atom stereocenters. The second-order valence-corrected chi connectivity index (χ2v) is 6.10. The van der Waals surface area contributed by atoms with Gasteiger partial charge < -0.3 is 14.8 Å². The van der Waals surface area contributed by atoms with Crippen LogP contribution in [0, 0.1) is 0 Å². The van der Waals surface area contributed by atoms with Crippen LogP contribution in [-0.2, 0) is 4.74 Å². The summed E-state index contributed by atoms with van der Waals surface area (Å²) in [6.07, 6.45) is 1.95. The SMILES string of the molecule is CNC1CC(CC(C)(C)OC)Oc2ccc(Cl)cc21. The van der Waals surface area contributed by atoms with Crippen molar-refractivity contribution in [3.63, 3.8) is 0 Å². The van der Waals surface area contributed by atoms with E-state index in [0.29, 0.717) is 0 Å². The number of benzene rings is 1. The molecule has 1 aliphatic rings. The highest BCUT2D eigenvalue weighted by atomic mass is 35.5. The number of nitrogens with one attached hydrogen (secondary N) is 1. The molecule has 0 fully saturated rings. The first kappa shape index (κ1) is 14.6. The number of rotatable bonds is 4. The van der Waals surface area contributed by atoms with Crippen LogP contribution in [-0.4, -0.2) is 25.9 Å². The average molecular weight is 284 g/mol. The van der Waals surface area contributed by atoms with E-state index in [-0.39, 0.29) is 17.7 Å². The molecule has 0 radical (unpaired) electrons. The highest BCUT2D eigenvalue weighted by molar-refractivity contribution is 6.30. The number of ether oxygens (including phenoxy) is 2. The molecule has 0 aromatic heterocycles. The zero-order valence-electron chi connectivity index (χ0n) is 12.0. The summed E-state index contributed by atoms with van der Waals surface area (Å²) in [4.78, 5) is 0. The van der Waals surface area contributed by atoms with Gasteiger partial charge in [-0.2, -0.15) is 0 Å². The Kier molecular flexibility index (Phi) is 4.39. The van der Waals surface area contributed by atoms with Crippen LogP contribution in [0.5, 0.6) is 5.75 Å². The van der Waals surface area contributed by atoms with Crippen molar-refractivity contribution in [2.75, 3.05) is 14.2 Å². The molecule has 0 saturated carbocycles. The fourth-order valence-corrected chi connectivity index (χ4v) is 2.73. The van der Waals surface area contributed by atoms with E-state index in [4.69, 9.17) is 21.1 Å². The summed E-state index contributed by atoms with van der Waals surface area (Å²) in [7, 11) is 3.71. The van der Waals surface area contributed by atoms with Crippen LogP contribution in [0.15, 0.2) is 18.2 Å². The van der Waals surface area contributed by atoms with Crippen LogP contribution in [0.2, 0.25) is 5.02 Å². The zero-order chi connectivity index (χ0) is 14.0. The van der Waals surface area contributed by atoms with E-state index in [9.17, 15) is 0 Å². The Labute approximate surface area is 120 Å². The van der Waals surface area contributed by atoms with Crippen LogP contribution in [0.25, 0.3) is 0 Å². The topological polar surface area (TPSA) is 30.5 Å². The molecule has 2 unspecified atom stereocenters. The Balaban J connectivity index is 2.20. The molecule has 1 aromatic carbocycles. The van der Waals surface area contributed by atoms with Gasteiger partial charge in [-0.1, -0.05) is 11.6 Å². The van der Waals surface area contributed by atoms with Crippen molar-refractivity contribution in [2.45, 2.75) is 44.4 Å². The number of hydrogen-bond donors (Lipinski definition) is 1. The van der Waals surface area contributed by atoms with Gasteiger partial charge in [0.05, 0.1) is 5.60 Å². The smallest absolute Gasteiger partial charge is 0.124 e. The lowest BCUT2D eigenvalue weighted by Crippen LogP contribution is -2.37. The molecule has 106 valence electrons. The maximum Gasteiger partial charge on any atom is 0.124 e. The van der Waals surface area contributed by atoms with Crippen LogP contribution in [0.1, 0.15) is 38.3 Å². The first-order valence-corrected chi connectivity index (χ1v) is 7.01. The Morgan fingerprint density at radius 2 is 2.21 bits per heavy atom. The van der Waals surface area contributed by atoms with E-state index < -0.39 is 0 Å². The normalized spacial score (nSPS) is 22.8. The zero-order valence-corrected chi connectivity index (χ0v) is 12.8. The van der Waals surface area contributed by atoms with E-state index in [2.05, 4.69) is 19.2 Å². The van der Waals surface area contributed by atoms with Crippen molar-refractivity contribution in [3.05, 3.63) is 28.8 Å².